The molecule has 0 aromatic carbocycles. The third-order valence-electron chi connectivity index (χ3n) is 2.82. The monoisotopic (exact) mass is 206 g/mol. The van der Waals surface area contributed by atoms with Crippen molar-refractivity contribution in [2.45, 2.75) is 39.5 Å². The summed E-state index contributed by atoms with van der Waals surface area (Å²) in [6.45, 7) is 5.61. The Kier molecular flexibility index (Phi) is 5.83. The number of pyridine rings is 1. The lowest BCUT2D eigenvalue weighted by atomic mass is 9.99. The first-order valence-corrected chi connectivity index (χ1v) is 6.00. The van der Waals surface area contributed by atoms with Gasteiger partial charge in [0.25, 0.3) is 0 Å². The van der Waals surface area contributed by atoms with Crippen molar-refractivity contribution < 1.29 is 0 Å². The van der Waals surface area contributed by atoms with Crippen LogP contribution in [0.3, 0.4) is 0 Å². The first-order valence-electron chi connectivity index (χ1n) is 6.00. The van der Waals surface area contributed by atoms with Gasteiger partial charge in [-0.25, -0.2) is 0 Å². The van der Waals surface area contributed by atoms with Crippen molar-refractivity contribution in [1.29, 1.82) is 0 Å². The lowest BCUT2D eigenvalue weighted by molar-refractivity contribution is 0.473. The summed E-state index contributed by atoms with van der Waals surface area (Å²) in [7, 11) is 0. The SMILES string of the molecule is CCCC[C@@H](CC)CNc1ccncc1. The largest absolute Gasteiger partial charge is 0.385 e. The second kappa shape index (κ2) is 7.27. The molecule has 0 radical (unpaired) electrons. The van der Waals surface area contributed by atoms with Crippen LogP contribution in [0.2, 0.25) is 0 Å². The fraction of sp³-hybridized carbons (Fsp3) is 0.615. The summed E-state index contributed by atoms with van der Waals surface area (Å²) in [6.07, 6.45) is 8.90. The lowest BCUT2D eigenvalue weighted by Crippen LogP contribution is -2.13. The molecule has 1 aromatic rings. The van der Waals surface area contributed by atoms with Crippen LogP contribution < -0.4 is 5.32 Å². The van der Waals surface area contributed by atoms with Crippen molar-refractivity contribution in [3.05, 3.63) is 24.5 Å². The molecular formula is C13H22N2. The summed E-state index contributed by atoms with van der Waals surface area (Å²) in [4.78, 5) is 4.00. The van der Waals surface area contributed by atoms with Crippen molar-refractivity contribution in [2.24, 2.45) is 5.92 Å². The Labute approximate surface area is 93.1 Å². The summed E-state index contributed by atoms with van der Waals surface area (Å²) < 4.78 is 0. The molecule has 0 aliphatic carbocycles. The number of hydrogen-bond donors (Lipinski definition) is 1. The second-order valence-corrected chi connectivity index (χ2v) is 4.03. The highest BCUT2D eigenvalue weighted by Crippen LogP contribution is 2.14. The summed E-state index contributed by atoms with van der Waals surface area (Å²) in [5.74, 6) is 0.804. The van der Waals surface area contributed by atoms with Gasteiger partial charge in [0.1, 0.15) is 0 Å². The first kappa shape index (κ1) is 12.0. The maximum absolute atomic E-state index is 4.00. The Morgan fingerprint density at radius 3 is 2.60 bits per heavy atom. The van der Waals surface area contributed by atoms with Crippen LogP contribution in [0.4, 0.5) is 5.69 Å². The van der Waals surface area contributed by atoms with E-state index < -0.39 is 0 Å². The third kappa shape index (κ3) is 4.82. The molecule has 0 fully saturated rings. The lowest BCUT2D eigenvalue weighted by Gasteiger charge is -2.15. The molecule has 0 bridgehead atoms. The molecule has 0 amide bonds. The van der Waals surface area contributed by atoms with E-state index in [1.807, 2.05) is 24.5 Å². The molecule has 0 saturated carbocycles. The molecule has 0 aliphatic rings. The van der Waals surface area contributed by atoms with Crippen LogP contribution in [0.5, 0.6) is 0 Å². The molecule has 15 heavy (non-hydrogen) atoms. The van der Waals surface area contributed by atoms with E-state index in [9.17, 15) is 0 Å². The number of aromatic nitrogens is 1. The summed E-state index contributed by atoms with van der Waals surface area (Å²) in [5.41, 5.74) is 1.18. The molecule has 0 unspecified atom stereocenters. The number of hydrogen-bond acceptors (Lipinski definition) is 2. The van der Waals surface area contributed by atoms with Gasteiger partial charge < -0.3 is 5.32 Å². The normalized spacial score (nSPS) is 12.4. The minimum absolute atomic E-state index is 0.804. The highest BCUT2D eigenvalue weighted by atomic mass is 14.9. The predicted molar refractivity (Wildman–Crippen MR) is 66.0 cm³/mol. The molecule has 0 aliphatic heterocycles. The average Bonchev–Trinajstić information content (AvgIpc) is 2.31. The van der Waals surface area contributed by atoms with Crippen LogP contribution in [-0.2, 0) is 0 Å². The van der Waals surface area contributed by atoms with Gasteiger partial charge in [0, 0.05) is 24.6 Å². The highest BCUT2D eigenvalue weighted by molar-refractivity contribution is 5.40. The maximum Gasteiger partial charge on any atom is 0.0371 e. The van der Waals surface area contributed by atoms with Gasteiger partial charge in [-0.1, -0.05) is 33.1 Å². The fourth-order valence-electron chi connectivity index (χ4n) is 1.68. The van der Waals surface area contributed by atoms with Crippen LogP contribution in [0.1, 0.15) is 39.5 Å². The number of nitrogens with one attached hydrogen (secondary N) is 1. The van der Waals surface area contributed by atoms with Crippen LogP contribution in [0.15, 0.2) is 24.5 Å². The Morgan fingerprint density at radius 2 is 2.00 bits per heavy atom. The van der Waals surface area contributed by atoms with Gasteiger partial charge in [0.15, 0.2) is 0 Å². The molecule has 84 valence electrons. The zero-order chi connectivity index (χ0) is 10.9. The third-order valence-corrected chi connectivity index (χ3v) is 2.82. The van der Waals surface area contributed by atoms with Crippen molar-refractivity contribution in [1.82, 2.24) is 4.98 Å². The standard InChI is InChI=1S/C13H22N2/c1-3-5-6-12(4-2)11-15-13-7-9-14-10-8-13/h7-10,12H,3-6,11H2,1-2H3,(H,14,15)/t12-/m1/s1. The Bertz CT molecular complexity index is 246. The zero-order valence-electron chi connectivity index (χ0n) is 9.87. The van der Waals surface area contributed by atoms with Crippen LogP contribution in [-0.4, -0.2) is 11.5 Å². The van der Waals surface area contributed by atoms with E-state index >= 15 is 0 Å². The molecule has 1 N–H and O–H groups in total. The van der Waals surface area contributed by atoms with Crippen LogP contribution in [0, 0.1) is 5.92 Å². The quantitative estimate of drug-likeness (QED) is 0.735. The summed E-state index contributed by atoms with van der Waals surface area (Å²) in [5, 5.41) is 3.46. The van der Waals surface area contributed by atoms with Gasteiger partial charge in [0.2, 0.25) is 0 Å². The van der Waals surface area contributed by atoms with Crippen molar-refractivity contribution >= 4 is 5.69 Å². The fourth-order valence-corrected chi connectivity index (χ4v) is 1.68. The molecule has 1 rings (SSSR count). The molecule has 2 heteroatoms. The molecule has 1 atom stereocenters. The van der Waals surface area contributed by atoms with Gasteiger partial charge in [-0.3, -0.25) is 4.98 Å². The van der Waals surface area contributed by atoms with Crippen molar-refractivity contribution in [2.75, 3.05) is 11.9 Å². The average molecular weight is 206 g/mol. The van der Waals surface area contributed by atoms with Gasteiger partial charge >= 0.3 is 0 Å². The highest BCUT2D eigenvalue weighted by Gasteiger charge is 2.04. The zero-order valence-corrected chi connectivity index (χ0v) is 9.87. The van der Waals surface area contributed by atoms with Crippen LogP contribution >= 0.6 is 0 Å². The second-order valence-electron chi connectivity index (χ2n) is 4.03. The van der Waals surface area contributed by atoms with Crippen molar-refractivity contribution in [3.8, 4) is 0 Å². The molecule has 0 saturated heterocycles. The van der Waals surface area contributed by atoms with E-state index in [1.54, 1.807) is 0 Å². The van der Waals surface area contributed by atoms with E-state index in [0.29, 0.717) is 0 Å². The van der Waals surface area contributed by atoms with E-state index in [-0.39, 0.29) is 0 Å². The molecule has 0 spiro atoms. The smallest absolute Gasteiger partial charge is 0.0371 e. The Morgan fingerprint density at radius 1 is 1.27 bits per heavy atom. The predicted octanol–water partition coefficient (Wildman–Crippen LogP) is 3.71. The number of anilines is 1. The number of rotatable bonds is 7. The minimum atomic E-state index is 0.804. The molecule has 1 aromatic heterocycles. The van der Waals surface area contributed by atoms with Crippen LogP contribution in [0.25, 0.3) is 0 Å². The molecular weight excluding hydrogens is 184 g/mol. The molecule has 2 nitrogen and oxygen atoms in total. The number of unbranched alkanes of at least 4 members (excludes halogenated alkanes) is 1. The van der Waals surface area contributed by atoms with Gasteiger partial charge in [0.05, 0.1) is 0 Å². The summed E-state index contributed by atoms with van der Waals surface area (Å²) >= 11 is 0. The van der Waals surface area contributed by atoms with E-state index in [1.165, 1.54) is 31.4 Å². The Hall–Kier alpha value is -1.05. The minimum Gasteiger partial charge on any atom is -0.385 e. The maximum atomic E-state index is 4.00. The van der Waals surface area contributed by atoms with E-state index in [2.05, 4.69) is 24.1 Å². The molecule has 1 heterocycles. The summed E-state index contributed by atoms with van der Waals surface area (Å²) in [6, 6.07) is 4.04. The number of nitrogens with zero attached hydrogens (tertiary/aromatic N) is 1. The topological polar surface area (TPSA) is 24.9 Å². The van der Waals surface area contributed by atoms with Gasteiger partial charge in [-0.2, -0.15) is 0 Å². The van der Waals surface area contributed by atoms with E-state index in [0.717, 1.165) is 12.5 Å². The van der Waals surface area contributed by atoms with Gasteiger partial charge in [-0.15, -0.1) is 0 Å². The van der Waals surface area contributed by atoms with E-state index in [4.69, 9.17) is 0 Å². The Balaban J connectivity index is 2.28. The van der Waals surface area contributed by atoms with Crippen molar-refractivity contribution in [3.63, 3.8) is 0 Å². The van der Waals surface area contributed by atoms with Gasteiger partial charge in [-0.05, 0) is 24.5 Å². The first-order chi connectivity index (χ1) is 7.36.